The molecule has 3 aromatic rings. The highest BCUT2D eigenvalue weighted by Crippen LogP contribution is 2.39. The van der Waals surface area contributed by atoms with E-state index in [9.17, 15) is 14.3 Å². The molecule has 1 saturated carbocycles. The molecule has 0 bridgehead atoms. The Labute approximate surface area is 224 Å². The van der Waals surface area contributed by atoms with Crippen molar-refractivity contribution >= 4 is 11.6 Å². The molecule has 1 aliphatic carbocycles. The zero-order valence-corrected chi connectivity index (χ0v) is 21.6. The van der Waals surface area contributed by atoms with Crippen LogP contribution in [-0.2, 0) is 10.3 Å². The van der Waals surface area contributed by atoms with Crippen LogP contribution in [0.25, 0.3) is 11.3 Å². The van der Waals surface area contributed by atoms with Crippen LogP contribution in [0.5, 0.6) is 0 Å². The van der Waals surface area contributed by atoms with Crippen LogP contribution in [0.4, 0.5) is 18.9 Å². The second-order valence-corrected chi connectivity index (χ2v) is 10.7. The molecule has 1 aromatic carbocycles. The molecular formula is C29H31F3N4O3. The lowest BCUT2D eigenvalue weighted by molar-refractivity contribution is -0.0682. The number of amides is 1. The summed E-state index contributed by atoms with van der Waals surface area (Å²) in [5, 5.41) is 13.6. The standard InChI is InChI=1S/C29H31F3N4O3/c1-16-10-17(12-19(33)11-16)20-4-7-34-15-25(20)36-28(37)24-3-2-21(30)27(35-24)26-22(31)13-18(14-23(26)32)29(38)5-8-39-9-6-29/h2-4,7,13-17,19,38H,5-6,8-12,33H2,1H3,(H,36,37)/t16-,17+,19+/m0/s1. The lowest BCUT2D eigenvalue weighted by Crippen LogP contribution is -2.33. The van der Waals surface area contributed by atoms with Crippen molar-refractivity contribution in [2.24, 2.45) is 11.7 Å². The number of carbonyl (C=O) groups is 1. The van der Waals surface area contributed by atoms with Gasteiger partial charge in [0, 0.05) is 38.3 Å². The Morgan fingerprint density at radius 2 is 1.79 bits per heavy atom. The molecule has 206 valence electrons. The molecule has 5 rings (SSSR count). The van der Waals surface area contributed by atoms with Gasteiger partial charge in [-0.25, -0.2) is 18.2 Å². The minimum Gasteiger partial charge on any atom is -0.385 e. The second-order valence-electron chi connectivity index (χ2n) is 10.7. The molecule has 0 radical (unpaired) electrons. The molecule has 1 amide bonds. The van der Waals surface area contributed by atoms with Gasteiger partial charge >= 0.3 is 0 Å². The average molecular weight is 541 g/mol. The summed E-state index contributed by atoms with van der Waals surface area (Å²) in [4.78, 5) is 21.3. The molecule has 2 fully saturated rings. The number of ether oxygens (including phenoxy) is 1. The number of nitrogens with two attached hydrogens (primary N) is 1. The Balaban J connectivity index is 1.43. The summed E-state index contributed by atoms with van der Waals surface area (Å²) < 4.78 is 50.4. The Morgan fingerprint density at radius 1 is 1.08 bits per heavy atom. The molecule has 3 atom stereocenters. The van der Waals surface area contributed by atoms with E-state index in [2.05, 4.69) is 22.2 Å². The van der Waals surface area contributed by atoms with Gasteiger partial charge in [-0.1, -0.05) is 6.92 Å². The average Bonchev–Trinajstić information content (AvgIpc) is 2.89. The predicted molar refractivity (Wildman–Crippen MR) is 139 cm³/mol. The molecule has 1 saturated heterocycles. The summed E-state index contributed by atoms with van der Waals surface area (Å²) in [7, 11) is 0. The normalized spacial score (nSPS) is 22.9. The number of rotatable bonds is 5. The number of pyridine rings is 2. The molecule has 39 heavy (non-hydrogen) atoms. The van der Waals surface area contributed by atoms with Gasteiger partial charge in [-0.15, -0.1) is 0 Å². The molecule has 2 aliphatic rings. The van der Waals surface area contributed by atoms with Crippen LogP contribution < -0.4 is 11.1 Å². The first-order valence-corrected chi connectivity index (χ1v) is 13.1. The van der Waals surface area contributed by atoms with E-state index >= 15 is 8.78 Å². The number of nitrogens with one attached hydrogen (secondary N) is 1. The largest absolute Gasteiger partial charge is 0.385 e. The van der Waals surface area contributed by atoms with Gasteiger partial charge in [-0.3, -0.25) is 9.78 Å². The molecule has 3 heterocycles. The molecule has 4 N–H and O–H groups in total. The number of aliphatic hydroxyl groups is 1. The lowest BCUT2D eigenvalue weighted by atomic mass is 9.76. The lowest BCUT2D eigenvalue weighted by Gasteiger charge is -2.32. The summed E-state index contributed by atoms with van der Waals surface area (Å²) in [5.74, 6) is -3.29. The predicted octanol–water partition coefficient (Wildman–Crippen LogP) is 5.04. The van der Waals surface area contributed by atoms with Crippen LogP contribution in [-0.4, -0.2) is 40.2 Å². The van der Waals surface area contributed by atoms with Crippen molar-refractivity contribution in [2.45, 2.75) is 56.6 Å². The number of carbonyl (C=O) groups excluding carboxylic acids is 1. The van der Waals surface area contributed by atoms with Gasteiger partial charge in [-0.05, 0) is 72.6 Å². The third-order valence-corrected chi connectivity index (χ3v) is 7.74. The van der Waals surface area contributed by atoms with Gasteiger partial charge in [-0.2, -0.15) is 0 Å². The number of hydrogen-bond donors (Lipinski definition) is 3. The highest BCUT2D eigenvalue weighted by atomic mass is 19.1. The summed E-state index contributed by atoms with van der Waals surface area (Å²) in [6.07, 6.45) is 6.15. The number of benzene rings is 1. The Hall–Kier alpha value is -3.34. The van der Waals surface area contributed by atoms with E-state index < -0.39 is 40.2 Å². The third kappa shape index (κ3) is 5.68. The molecule has 2 aromatic heterocycles. The molecular weight excluding hydrogens is 509 g/mol. The van der Waals surface area contributed by atoms with Crippen molar-refractivity contribution < 1.29 is 27.8 Å². The van der Waals surface area contributed by atoms with E-state index in [-0.39, 0.29) is 49.3 Å². The summed E-state index contributed by atoms with van der Waals surface area (Å²) in [5.41, 5.74) is 4.62. The monoisotopic (exact) mass is 540 g/mol. The maximum atomic E-state index is 15.2. The van der Waals surface area contributed by atoms with Crippen molar-refractivity contribution in [1.82, 2.24) is 9.97 Å². The van der Waals surface area contributed by atoms with Gasteiger partial charge in [0.25, 0.3) is 5.91 Å². The van der Waals surface area contributed by atoms with Crippen molar-refractivity contribution in [3.63, 3.8) is 0 Å². The van der Waals surface area contributed by atoms with Crippen LogP contribution in [0.1, 0.15) is 66.6 Å². The summed E-state index contributed by atoms with van der Waals surface area (Å²) in [6, 6.07) is 5.96. The van der Waals surface area contributed by atoms with E-state index in [0.717, 1.165) is 49.1 Å². The van der Waals surface area contributed by atoms with E-state index in [1.54, 1.807) is 6.20 Å². The number of nitrogens with zero attached hydrogens (tertiary/aromatic N) is 2. The first-order chi connectivity index (χ1) is 18.6. The maximum absolute atomic E-state index is 15.2. The zero-order valence-electron chi connectivity index (χ0n) is 21.6. The molecule has 1 aliphatic heterocycles. The molecule has 10 heteroatoms. The van der Waals surface area contributed by atoms with E-state index in [1.807, 2.05) is 6.07 Å². The van der Waals surface area contributed by atoms with Gasteiger partial charge in [0.15, 0.2) is 0 Å². The van der Waals surface area contributed by atoms with Crippen molar-refractivity contribution in [3.8, 4) is 11.3 Å². The minimum atomic E-state index is -1.45. The van der Waals surface area contributed by atoms with Gasteiger partial charge in [0.2, 0.25) is 0 Å². The van der Waals surface area contributed by atoms with Crippen LogP contribution in [0, 0.1) is 23.4 Å². The van der Waals surface area contributed by atoms with Gasteiger partial charge in [0.05, 0.1) is 23.0 Å². The number of anilines is 1. The zero-order chi connectivity index (χ0) is 27.7. The smallest absolute Gasteiger partial charge is 0.274 e. The Morgan fingerprint density at radius 3 is 2.49 bits per heavy atom. The van der Waals surface area contributed by atoms with Crippen molar-refractivity contribution in [3.05, 3.63) is 77.0 Å². The third-order valence-electron chi connectivity index (χ3n) is 7.74. The highest BCUT2D eigenvalue weighted by molar-refractivity contribution is 6.03. The SMILES string of the molecule is C[C@@H]1C[C@@H](N)C[C@H](c2ccncc2NC(=O)c2ccc(F)c(-c3c(F)cc(C4(O)CCOCC4)cc3F)n2)C1. The Kier molecular flexibility index (Phi) is 7.70. The van der Waals surface area contributed by atoms with Crippen molar-refractivity contribution in [1.29, 1.82) is 0 Å². The Bertz CT molecular complexity index is 1350. The topological polar surface area (TPSA) is 110 Å². The fraction of sp³-hybridized carbons (Fsp3) is 0.414. The number of aromatic nitrogens is 2. The first kappa shape index (κ1) is 27.2. The summed E-state index contributed by atoms with van der Waals surface area (Å²) in [6.45, 7) is 2.64. The van der Waals surface area contributed by atoms with Crippen molar-refractivity contribution in [2.75, 3.05) is 18.5 Å². The molecule has 0 spiro atoms. The molecule has 0 unspecified atom stereocenters. The van der Waals surface area contributed by atoms with Crippen LogP contribution in [0.3, 0.4) is 0 Å². The minimum absolute atomic E-state index is 0.0414. The van der Waals surface area contributed by atoms with E-state index in [0.29, 0.717) is 11.6 Å². The van der Waals surface area contributed by atoms with E-state index in [1.165, 1.54) is 6.20 Å². The maximum Gasteiger partial charge on any atom is 0.274 e. The quantitative estimate of drug-likeness (QED) is 0.418. The highest BCUT2D eigenvalue weighted by Gasteiger charge is 2.34. The van der Waals surface area contributed by atoms with E-state index in [4.69, 9.17) is 10.5 Å². The molecule has 7 nitrogen and oxygen atoms in total. The fourth-order valence-electron chi connectivity index (χ4n) is 5.77. The summed E-state index contributed by atoms with van der Waals surface area (Å²) >= 11 is 0. The second kappa shape index (κ2) is 11.0. The van der Waals surface area contributed by atoms with Crippen LogP contribution >= 0.6 is 0 Å². The number of halogens is 3. The van der Waals surface area contributed by atoms with Gasteiger partial charge in [0.1, 0.15) is 28.8 Å². The van der Waals surface area contributed by atoms with Crippen LogP contribution in [0.2, 0.25) is 0 Å². The number of hydrogen-bond acceptors (Lipinski definition) is 6. The van der Waals surface area contributed by atoms with Gasteiger partial charge < -0.3 is 20.9 Å². The fourth-order valence-corrected chi connectivity index (χ4v) is 5.77. The first-order valence-electron chi connectivity index (χ1n) is 13.1. The van der Waals surface area contributed by atoms with Crippen LogP contribution in [0.15, 0.2) is 42.7 Å².